The molecule has 0 saturated carbocycles. The van der Waals surface area contributed by atoms with Crippen LogP contribution >= 0.6 is 11.8 Å². The summed E-state index contributed by atoms with van der Waals surface area (Å²) in [5.74, 6) is 1.38. The number of hydrogen-bond donors (Lipinski definition) is 0. The van der Waals surface area contributed by atoms with Crippen molar-refractivity contribution in [2.45, 2.75) is 47.5 Å². The summed E-state index contributed by atoms with van der Waals surface area (Å²) in [5, 5.41) is 0. The van der Waals surface area contributed by atoms with E-state index in [4.69, 9.17) is 0 Å². The molecule has 80 valence electrons. The van der Waals surface area contributed by atoms with Crippen LogP contribution in [0.4, 0.5) is 0 Å². The van der Waals surface area contributed by atoms with Crippen LogP contribution in [0.3, 0.4) is 0 Å². The average molecular weight is 210 g/mol. The number of hydrogen-bond acceptors (Lipinski definition) is 1. The van der Waals surface area contributed by atoms with E-state index in [1.165, 1.54) is 12.8 Å². The van der Waals surface area contributed by atoms with E-state index >= 15 is 0 Å². The van der Waals surface area contributed by atoms with Gasteiger partial charge in [0.2, 0.25) is 0 Å². The highest BCUT2D eigenvalue weighted by molar-refractivity contribution is 8.06. The first-order valence-electron chi connectivity index (χ1n) is 5.66. The van der Waals surface area contributed by atoms with Crippen molar-refractivity contribution in [3.63, 3.8) is 0 Å². The summed E-state index contributed by atoms with van der Waals surface area (Å²) in [7, 11) is 0. The van der Waals surface area contributed by atoms with Crippen LogP contribution in [0.2, 0.25) is 0 Å². The highest BCUT2D eigenvalue weighted by atomic mass is 32.2. The first kappa shape index (κ1) is 11.9. The second-order valence-electron chi connectivity index (χ2n) is 4.54. The van der Waals surface area contributed by atoms with Crippen molar-refractivity contribution in [2.75, 3.05) is 0 Å². The summed E-state index contributed by atoms with van der Waals surface area (Å²) in [6.45, 7) is 11.5. The van der Waals surface area contributed by atoms with Gasteiger partial charge in [-0.05, 0) is 34.5 Å². The fourth-order valence-corrected chi connectivity index (χ4v) is 3.03. The van der Waals surface area contributed by atoms with E-state index in [1.807, 2.05) is 11.8 Å². The standard InChI is InChI=1S/C13H22S/c1-6-11-7-8-12(9(2)3)14-13(11)10(4)5/h8-10H,6-7H2,1-5H3. The SMILES string of the molecule is CCC1=C(C(C)C)SC(C(C)C)=CC1. The van der Waals surface area contributed by atoms with Crippen LogP contribution < -0.4 is 0 Å². The first-order valence-corrected chi connectivity index (χ1v) is 6.47. The Balaban J connectivity index is 2.82. The van der Waals surface area contributed by atoms with Gasteiger partial charge in [-0.25, -0.2) is 0 Å². The lowest BCUT2D eigenvalue weighted by molar-refractivity contribution is 0.772. The van der Waals surface area contributed by atoms with Gasteiger partial charge in [0.25, 0.3) is 0 Å². The van der Waals surface area contributed by atoms with Gasteiger partial charge in [0, 0.05) is 0 Å². The van der Waals surface area contributed by atoms with Gasteiger partial charge in [0.15, 0.2) is 0 Å². The van der Waals surface area contributed by atoms with Crippen LogP contribution in [0.5, 0.6) is 0 Å². The van der Waals surface area contributed by atoms with E-state index in [-0.39, 0.29) is 0 Å². The minimum absolute atomic E-state index is 0.687. The third-order valence-corrected chi connectivity index (χ3v) is 4.50. The maximum absolute atomic E-state index is 2.42. The minimum atomic E-state index is 0.687. The lowest BCUT2D eigenvalue weighted by Crippen LogP contribution is -2.03. The Kier molecular flexibility index (Phi) is 4.31. The second kappa shape index (κ2) is 5.06. The predicted octanol–water partition coefficient (Wildman–Crippen LogP) is 4.98. The molecule has 1 heteroatoms. The Morgan fingerprint density at radius 1 is 1.21 bits per heavy atom. The number of thioether (sulfide) groups is 1. The molecule has 1 aliphatic heterocycles. The predicted molar refractivity (Wildman–Crippen MR) is 67.3 cm³/mol. The Hall–Kier alpha value is -0.170. The molecular formula is C13H22S. The smallest absolute Gasteiger partial charge is 0.00851 e. The molecule has 0 aromatic heterocycles. The van der Waals surface area contributed by atoms with E-state index in [2.05, 4.69) is 40.7 Å². The molecular weight excluding hydrogens is 188 g/mol. The zero-order valence-electron chi connectivity index (χ0n) is 10.1. The van der Waals surface area contributed by atoms with Crippen molar-refractivity contribution in [1.82, 2.24) is 0 Å². The van der Waals surface area contributed by atoms with E-state index in [0.717, 1.165) is 0 Å². The molecule has 0 nitrogen and oxygen atoms in total. The van der Waals surface area contributed by atoms with Crippen molar-refractivity contribution in [1.29, 1.82) is 0 Å². The molecule has 1 aliphatic rings. The van der Waals surface area contributed by atoms with Gasteiger partial charge in [-0.3, -0.25) is 0 Å². The maximum Gasteiger partial charge on any atom is -0.00851 e. The summed E-state index contributed by atoms with van der Waals surface area (Å²) in [5.41, 5.74) is 1.65. The molecule has 0 aromatic carbocycles. The lowest BCUT2D eigenvalue weighted by atomic mass is 10.0. The minimum Gasteiger partial charge on any atom is -0.0988 e. The number of allylic oxidation sites excluding steroid dienone is 4. The fraction of sp³-hybridized carbons (Fsp3) is 0.692. The summed E-state index contributed by atoms with van der Waals surface area (Å²) in [4.78, 5) is 3.18. The first-order chi connectivity index (χ1) is 6.56. The van der Waals surface area contributed by atoms with Crippen molar-refractivity contribution in [2.24, 2.45) is 11.8 Å². The zero-order valence-corrected chi connectivity index (χ0v) is 10.9. The van der Waals surface area contributed by atoms with Gasteiger partial charge in [-0.15, -0.1) is 0 Å². The van der Waals surface area contributed by atoms with Gasteiger partial charge in [0.05, 0.1) is 0 Å². The Morgan fingerprint density at radius 3 is 2.29 bits per heavy atom. The highest BCUT2D eigenvalue weighted by Crippen LogP contribution is 2.42. The van der Waals surface area contributed by atoms with Gasteiger partial charge in [0.1, 0.15) is 0 Å². The molecule has 0 saturated heterocycles. The third-order valence-electron chi connectivity index (χ3n) is 2.65. The molecule has 1 heterocycles. The molecule has 0 bridgehead atoms. The van der Waals surface area contributed by atoms with Gasteiger partial charge in [-0.1, -0.05) is 58.0 Å². The molecule has 0 unspecified atom stereocenters. The van der Waals surface area contributed by atoms with E-state index in [1.54, 1.807) is 15.4 Å². The zero-order chi connectivity index (χ0) is 10.7. The second-order valence-corrected chi connectivity index (χ2v) is 5.66. The quantitative estimate of drug-likeness (QED) is 0.633. The van der Waals surface area contributed by atoms with Crippen LogP contribution in [0.15, 0.2) is 21.5 Å². The highest BCUT2D eigenvalue weighted by Gasteiger charge is 2.18. The topological polar surface area (TPSA) is 0 Å². The normalized spacial score (nSPS) is 18.1. The van der Waals surface area contributed by atoms with Crippen molar-refractivity contribution >= 4 is 11.8 Å². The summed E-state index contributed by atoms with van der Waals surface area (Å²) in [6, 6.07) is 0. The molecule has 0 fully saturated rings. The molecule has 1 rings (SSSR count). The molecule has 0 atom stereocenters. The van der Waals surface area contributed by atoms with Gasteiger partial charge in [-0.2, -0.15) is 0 Å². The summed E-state index contributed by atoms with van der Waals surface area (Å²) >= 11 is 2.02. The van der Waals surface area contributed by atoms with Crippen molar-refractivity contribution < 1.29 is 0 Å². The molecule has 0 aromatic rings. The van der Waals surface area contributed by atoms with Crippen LogP contribution in [0.1, 0.15) is 47.5 Å². The largest absolute Gasteiger partial charge is 0.0988 e. The summed E-state index contributed by atoms with van der Waals surface area (Å²) < 4.78 is 0. The van der Waals surface area contributed by atoms with Crippen LogP contribution in [0, 0.1) is 11.8 Å². The fourth-order valence-electron chi connectivity index (χ4n) is 1.76. The van der Waals surface area contributed by atoms with Gasteiger partial charge < -0.3 is 0 Å². The maximum atomic E-state index is 2.42. The third kappa shape index (κ3) is 2.66. The molecule has 0 aliphatic carbocycles. The van der Waals surface area contributed by atoms with Crippen LogP contribution in [-0.2, 0) is 0 Å². The Morgan fingerprint density at radius 2 is 1.86 bits per heavy atom. The molecule has 0 amide bonds. The van der Waals surface area contributed by atoms with Gasteiger partial charge >= 0.3 is 0 Å². The van der Waals surface area contributed by atoms with E-state index in [0.29, 0.717) is 11.8 Å². The van der Waals surface area contributed by atoms with Crippen LogP contribution in [-0.4, -0.2) is 0 Å². The molecule has 0 spiro atoms. The van der Waals surface area contributed by atoms with Crippen molar-refractivity contribution in [3.05, 3.63) is 21.5 Å². The summed E-state index contributed by atoms with van der Waals surface area (Å²) in [6.07, 6.45) is 4.81. The Labute approximate surface area is 92.9 Å². The monoisotopic (exact) mass is 210 g/mol. The Bertz CT molecular complexity index is 256. The number of rotatable bonds is 3. The molecule has 0 N–H and O–H groups in total. The van der Waals surface area contributed by atoms with E-state index < -0.39 is 0 Å². The molecule has 0 radical (unpaired) electrons. The van der Waals surface area contributed by atoms with Crippen molar-refractivity contribution in [3.8, 4) is 0 Å². The average Bonchev–Trinajstić information content (AvgIpc) is 2.16. The van der Waals surface area contributed by atoms with Crippen LogP contribution in [0.25, 0.3) is 0 Å². The molecule has 14 heavy (non-hydrogen) atoms. The van der Waals surface area contributed by atoms with E-state index in [9.17, 15) is 0 Å². The lowest BCUT2D eigenvalue weighted by Gasteiger charge is -2.24.